The summed E-state index contributed by atoms with van der Waals surface area (Å²) in [6.07, 6.45) is 0. The summed E-state index contributed by atoms with van der Waals surface area (Å²) >= 11 is 0. The smallest absolute Gasteiger partial charge is 0.165 e. The zero-order chi connectivity index (χ0) is 11.5. The number of para-hydroxylation sites is 1. The van der Waals surface area contributed by atoms with Gasteiger partial charge in [-0.3, -0.25) is 0 Å². The molecule has 84 valence electrons. The second-order valence-electron chi connectivity index (χ2n) is 3.52. The van der Waals surface area contributed by atoms with Crippen LogP contribution in [0.15, 0.2) is 28.8 Å². The second kappa shape index (κ2) is 4.35. The Morgan fingerprint density at radius 1 is 1.31 bits per heavy atom. The number of ether oxygens (including phenoxy) is 1. The molecule has 0 atom stereocenters. The van der Waals surface area contributed by atoms with Gasteiger partial charge in [-0.25, -0.2) is 4.39 Å². The van der Waals surface area contributed by atoms with E-state index in [0.717, 1.165) is 11.3 Å². The summed E-state index contributed by atoms with van der Waals surface area (Å²) in [5, 5.41) is 3.80. The van der Waals surface area contributed by atoms with Gasteiger partial charge < -0.3 is 9.26 Å². The lowest BCUT2D eigenvalue weighted by atomic mass is 10.2. The average Bonchev–Trinajstić information content (AvgIpc) is 2.58. The highest BCUT2D eigenvalue weighted by Crippen LogP contribution is 2.19. The molecule has 0 aliphatic rings. The van der Waals surface area contributed by atoms with Crippen LogP contribution in [0, 0.1) is 19.7 Å². The second-order valence-corrected chi connectivity index (χ2v) is 3.52. The molecule has 0 unspecified atom stereocenters. The Bertz CT molecular complexity index is 474. The first kappa shape index (κ1) is 10.7. The van der Waals surface area contributed by atoms with E-state index in [4.69, 9.17) is 9.26 Å². The third-order valence-corrected chi connectivity index (χ3v) is 2.39. The molecule has 16 heavy (non-hydrogen) atoms. The molecule has 0 bridgehead atoms. The Morgan fingerprint density at radius 3 is 2.69 bits per heavy atom. The minimum atomic E-state index is -0.366. The zero-order valence-electron chi connectivity index (χ0n) is 9.16. The van der Waals surface area contributed by atoms with Gasteiger partial charge in [-0.1, -0.05) is 17.3 Å². The molecule has 0 saturated carbocycles. The van der Waals surface area contributed by atoms with Gasteiger partial charge in [0, 0.05) is 0 Å². The molecule has 0 saturated heterocycles. The van der Waals surface area contributed by atoms with Crippen molar-refractivity contribution in [3.63, 3.8) is 0 Å². The van der Waals surface area contributed by atoms with Crippen LogP contribution < -0.4 is 4.74 Å². The number of nitrogens with zero attached hydrogens (tertiary/aromatic N) is 1. The van der Waals surface area contributed by atoms with Gasteiger partial charge >= 0.3 is 0 Å². The molecule has 2 rings (SSSR count). The van der Waals surface area contributed by atoms with Gasteiger partial charge in [0.05, 0.1) is 11.3 Å². The molecule has 1 aromatic carbocycles. The molecule has 0 spiro atoms. The Hall–Kier alpha value is -1.84. The van der Waals surface area contributed by atoms with Crippen LogP contribution in [0.4, 0.5) is 4.39 Å². The predicted octanol–water partition coefficient (Wildman–Crippen LogP) is 3.01. The Morgan fingerprint density at radius 2 is 2.06 bits per heavy atom. The predicted molar refractivity (Wildman–Crippen MR) is 56.7 cm³/mol. The summed E-state index contributed by atoms with van der Waals surface area (Å²) < 4.78 is 23.6. The van der Waals surface area contributed by atoms with Crippen LogP contribution in [0.1, 0.15) is 17.0 Å². The maximum Gasteiger partial charge on any atom is 0.165 e. The van der Waals surface area contributed by atoms with Gasteiger partial charge in [-0.15, -0.1) is 0 Å². The van der Waals surface area contributed by atoms with E-state index in [9.17, 15) is 4.39 Å². The van der Waals surface area contributed by atoms with E-state index < -0.39 is 0 Å². The molecule has 1 heterocycles. The third-order valence-electron chi connectivity index (χ3n) is 2.39. The number of hydrogen-bond acceptors (Lipinski definition) is 3. The van der Waals surface area contributed by atoms with Crippen molar-refractivity contribution in [2.24, 2.45) is 0 Å². The van der Waals surface area contributed by atoms with Crippen molar-refractivity contribution in [3.8, 4) is 5.75 Å². The lowest BCUT2D eigenvalue weighted by Gasteiger charge is -2.06. The van der Waals surface area contributed by atoms with Crippen LogP contribution >= 0.6 is 0 Å². The van der Waals surface area contributed by atoms with Gasteiger partial charge in [0.15, 0.2) is 11.6 Å². The molecule has 0 aliphatic carbocycles. The van der Waals surface area contributed by atoms with Gasteiger partial charge in [-0.2, -0.15) is 0 Å². The topological polar surface area (TPSA) is 35.3 Å². The van der Waals surface area contributed by atoms with Crippen molar-refractivity contribution in [2.45, 2.75) is 20.5 Å². The van der Waals surface area contributed by atoms with Crippen LogP contribution in [0.2, 0.25) is 0 Å². The quantitative estimate of drug-likeness (QED) is 0.799. The third kappa shape index (κ3) is 2.05. The van der Waals surface area contributed by atoms with Crippen molar-refractivity contribution in [2.75, 3.05) is 0 Å². The first-order valence-corrected chi connectivity index (χ1v) is 4.97. The molecule has 1 aromatic heterocycles. The first-order chi connectivity index (χ1) is 7.68. The van der Waals surface area contributed by atoms with E-state index in [1.807, 2.05) is 6.92 Å². The summed E-state index contributed by atoms with van der Waals surface area (Å²) in [6.45, 7) is 3.90. The molecule has 0 N–H and O–H groups in total. The van der Waals surface area contributed by atoms with Crippen molar-refractivity contribution in [3.05, 3.63) is 47.1 Å². The van der Waals surface area contributed by atoms with Crippen LogP contribution in [0.5, 0.6) is 5.75 Å². The number of rotatable bonds is 3. The van der Waals surface area contributed by atoms with Crippen molar-refractivity contribution >= 4 is 0 Å². The molecule has 2 aromatic rings. The van der Waals surface area contributed by atoms with Gasteiger partial charge in [0.2, 0.25) is 0 Å². The number of halogens is 1. The molecule has 0 fully saturated rings. The van der Waals surface area contributed by atoms with E-state index in [1.54, 1.807) is 25.1 Å². The maximum absolute atomic E-state index is 13.3. The first-order valence-electron chi connectivity index (χ1n) is 4.97. The summed E-state index contributed by atoms with van der Waals surface area (Å²) in [6, 6.07) is 6.31. The standard InChI is InChI=1S/C12H12FNO2/c1-8-10(9(2)16-14-8)7-15-12-6-4-3-5-11(12)13/h3-6H,7H2,1-2H3. The van der Waals surface area contributed by atoms with E-state index >= 15 is 0 Å². The van der Waals surface area contributed by atoms with Crippen LogP contribution in [-0.2, 0) is 6.61 Å². The Balaban J connectivity index is 2.11. The molecule has 0 radical (unpaired) electrons. The van der Waals surface area contributed by atoms with Crippen LogP contribution in [0.25, 0.3) is 0 Å². The highest BCUT2D eigenvalue weighted by Gasteiger charge is 2.10. The highest BCUT2D eigenvalue weighted by molar-refractivity contribution is 5.25. The Labute approximate surface area is 92.8 Å². The maximum atomic E-state index is 13.3. The molecular formula is C12H12FNO2. The van der Waals surface area contributed by atoms with Gasteiger partial charge in [0.25, 0.3) is 0 Å². The van der Waals surface area contributed by atoms with Crippen molar-refractivity contribution < 1.29 is 13.7 Å². The van der Waals surface area contributed by atoms with Gasteiger partial charge in [-0.05, 0) is 26.0 Å². The molecule has 0 amide bonds. The van der Waals surface area contributed by atoms with E-state index in [0.29, 0.717) is 5.76 Å². The monoisotopic (exact) mass is 221 g/mol. The molecule has 0 aliphatic heterocycles. The van der Waals surface area contributed by atoms with Crippen molar-refractivity contribution in [1.82, 2.24) is 5.16 Å². The Kier molecular flexibility index (Phi) is 2.90. The molecule has 4 heteroatoms. The summed E-state index contributed by atoms with van der Waals surface area (Å²) in [7, 11) is 0. The van der Waals surface area contributed by atoms with Crippen molar-refractivity contribution in [1.29, 1.82) is 0 Å². The fourth-order valence-electron chi connectivity index (χ4n) is 1.42. The normalized spacial score (nSPS) is 10.4. The van der Waals surface area contributed by atoms with Crippen LogP contribution in [-0.4, -0.2) is 5.16 Å². The summed E-state index contributed by atoms with van der Waals surface area (Å²) in [4.78, 5) is 0. The summed E-state index contributed by atoms with van der Waals surface area (Å²) in [5.41, 5.74) is 1.64. The fraction of sp³-hybridized carbons (Fsp3) is 0.250. The van der Waals surface area contributed by atoms with E-state index in [2.05, 4.69) is 5.16 Å². The number of benzene rings is 1. The lowest BCUT2D eigenvalue weighted by Crippen LogP contribution is -1.99. The fourth-order valence-corrected chi connectivity index (χ4v) is 1.42. The number of aryl methyl sites for hydroxylation is 2. The van der Waals surface area contributed by atoms with E-state index in [-0.39, 0.29) is 18.2 Å². The van der Waals surface area contributed by atoms with E-state index in [1.165, 1.54) is 6.07 Å². The molecule has 3 nitrogen and oxygen atoms in total. The lowest BCUT2D eigenvalue weighted by molar-refractivity contribution is 0.286. The minimum Gasteiger partial charge on any atom is -0.486 e. The van der Waals surface area contributed by atoms with Crippen LogP contribution in [0.3, 0.4) is 0 Å². The number of hydrogen-bond donors (Lipinski definition) is 0. The average molecular weight is 221 g/mol. The largest absolute Gasteiger partial charge is 0.486 e. The molecular weight excluding hydrogens is 209 g/mol. The van der Waals surface area contributed by atoms with Gasteiger partial charge in [0.1, 0.15) is 12.4 Å². The highest BCUT2D eigenvalue weighted by atomic mass is 19.1. The number of aromatic nitrogens is 1. The SMILES string of the molecule is Cc1noc(C)c1COc1ccccc1F. The minimum absolute atomic E-state index is 0.238. The zero-order valence-corrected chi connectivity index (χ0v) is 9.16. The summed E-state index contributed by atoms with van der Waals surface area (Å²) in [5.74, 6) is 0.575.